The number of benzene rings is 1. The summed E-state index contributed by atoms with van der Waals surface area (Å²) < 4.78 is 0. The number of aromatic nitrogens is 2. The fraction of sp³-hybridized carbons (Fsp3) is 0.429. The number of rotatable bonds is 4. The first-order valence-corrected chi connectivity index (χ1v) is 9.60. The Bertz CT molecular complexity index is 941. The van der Waals surface area contributed by atoms with Crippen molar-refractivity contribution in [2.45, 2.75) is 45.7 Å². The summed E-state index contributed by atoms with van der Waals surface area (Å²) >= 11 is 0. The minimum absolute atomic E-state index is 0.0154. The molecule has 7 nitrogen and oxygen atoms in total. The summed E-state index contributed by atoms with van der Waals surface area (Å²) in [5, 5.41) is 12.9. The monoisotopic (exact) mass is 380 g/mol. The molecule has 3 atom stereocenters. The summed E-state index contributed by atoms with van der Waals surface area (Å²) in [4.78, 5) is 34.7. The average Bonchev–Trinajstić information content (AvgIpc) is 3.47. The minimum Gasteiger partial charge on any atom is -0.478 e. The van der Waals surface area contributed by atoms with E-state index in [0.29, 0.717) is 11.9 Å². The number of carboxylic acid groups (broad SMARTS) is 1. The van der Waals surface area contributed by atoms with Gasteiger partial charge in [0.15, 0.2) is 0 Å². The number of carboxylic acids is 1. The van der Waals surface area contributed by atoms with Crippen LogP contribution in [0.3, 0.4) is 0 Å². The molecule has 1 fully saturated rings. The first-order valence-electron chi connectivity index (χ1n) is 9.60. The largest absolute Gasteiger partial charge is 0.478 e. The van der Waals surface area contributed by atoms with Crippen LogP contribution in [0.2, 0.25) is 0 Å². The van der Waals surface area contributed by atoms with Crippen molar-refractivity contribution in [1.82, 2.24) is 9.97 Å². The molecule has 28 heavy (non-hydrogen) atoms. The number of aryl methyl sites for hydroxylation is 1. The average molecular weight is 380 g/mol. The second-order valence-electron chi connectivity index (χ2n) is 7.80. The van der Waals surface area contributed by atoms with Gasteiger partial charge in [0.2, 0.25) is 11.9 Å². The highest BCUT2D eigenvalue weighted by atomic mass is 16.4. The van der Waals surface area contributed by atoms with Crippen molar-refractivity contribution in [3.8, 4) is 0 Å². The normalized spacial score (nSPS) is 23.8. The van der Waals surface area contributed by atoms with E-state index in [-0.39, 0.29) is 29.5 Å². The van der Waals surface area contributed by atoms with Gasteiger partial charge in [0.1, 0.15) is 0 Å². The Hall–Kier alpha value is -2.96. The number of anilines is 2. The number of aromatic carboxylic acids is 1. The topological polar surface area (TPSA) is 95.4 Å². The van der Waals surface area contributed by atoms with Gasteiger partial charge in [-0.25, -0.2) is 14.8 Å². The van der Waals surface area contributed by atoms with Crippen LogP contribution >= 0.6 is 0 Å². The van der Waals surface area contributed by atoms with Crippen LogP contribution in [0.25, 0.3) is 0 Å². The number of amides is 1. The standard InChI is InChI=1S/C21H24N4O3/c1-11-8-9-22-21(23-11)24-18-12(2)19(14-4-5-14)25(13(3)26)17-7-6-15(20(27)28)10-16(17)18/h6-10,12,14,18-19H,4-5H2,1-3H3,(H,27,28)(H,22,23,24)/t12-,18-,19-/m1/s1. The van der Waals surface area contributed by atoms with Gasteiger partial charge in [0.05, 0.1) is 11.6 Å². The zero-order chi connectivity index (χ0) is 20.0. The Morgan fingerprint density at radius 1 is 1.25 bits per heavy atom. The van der Waals surface area contributed by atoms with Gasteiger partial charge >= 0.3 is 5.97 Å². The Kier molecular flexibility index (Phi) is 4.53. The molecule has 2 aliphatic rings. The second kappa shape index (κ2) is 6.89. The van der Waals surface area contributed by atoms with Gasteiger partial charge < -0.3 is 15.3 Å². The van der Waals surface area contributed by atoms with E-state index in [2.05, 4.69) is 22.2 Å². The van der Waals surface area contributed by atoms with E-state index in [9.17, 15) is 14.7 Å². The van der Waals surface area contributed by atoms with Gasteiger partial charge in [-0.1, -0.05) is 6.92 Å². The quantitative estimate of drug-likeness (QED) is 0.844. The van der Waals surface area contributed by atoms with E-state index >= 15 is 0 Å². The lowest BCUT2D eigenvalue weighted by Crippen LogP contribution is -2.51. The van der Waals surface area contributed by atoms with Gasteiger partial charge in [0, 0.05) is 36.5 Å². The summed E-state index contributed by atoms with van der Waals surface area (Å²) in [6.45, 7) is 5.59. The molecule has 0 unspecified atom stereocenters. The van der Waals surface area contributed by atoms with E-state index < -0.39 is 5.97 Å². The highest BCUT2D eigenvalue weighted by Gasteiger charge is 2.47. The number of hydrogen-bond donors (Lipinski definition) is 2. The highest BCUT2D eigenvalue weighted by molar-refractivity contribution is 5.96. The maximum atomic E-state index is 12.5. The van der Waals surface area contributed by atoms with Gasteiger partial charge in [-0.05, 0) is 55.5 Å². The first kappa shape index (κ1) is 18.4. The molecule has 0 saturated heterocycles. The number of nitrogens with zero attached hydrogens (tertiary/aromatic N) is 3. The molecule has 1 aromatic heterocycles. The number of carbonyl (C=O) groups excluding carboxylic acids is 1. The molecule has 2 N–H and O–H groups in total. The lowest BCUT2D eigenvalue weighted by Gasteiger charge is -2.45. The maximum absolute atomic E-state index is 12.5. The van der Waals surface area contributed by atoms with Crippen LogP contribution in [0.5, 0.6) is 0 Å². The summed E-state index contributed by atoms with van der Waals surface area (Å²) in [5.41, 5.74) is 2.63. The molecule has 2 aromatic rings. The lowest BCUT2D eigenvalue weighted by molar-refractivity contribution is -0.117. The molecule has 1 amide bonds. The van der Waals surface area contributed by atoms with Gasteiger partial charge in [-0.3, -0.25) is 4.79 Å². The molecule has 1 aliphatic carbocycles. The number of fused-ring (bicyclic) bond motifs is 1. The predicted molar refractivity (Wildman–Crippen MR) is 105 cm³/mol. The maximum Gasteiger partial charge on any atom is 0.335 e. The van der Waals surface area contributed by atoms with Crippen LogP contribution in [0.15, 0.2) is 30.5 Å². The van der Waals surface area contributed by atoms with Crippen LogP contribution in [-0.4, -0.2) is 33.0 Å². The molecule has 0 radical (unpaired) electrons. The summed E-state index contributed by atoms with van der Waals surface area (Å²) in [5.74, 6) is 0.0540. The van der Waals surface area contributed by atoms with Crippen molar-refractivity contribution >= 4 is 23.5 Å². The van der Waals surface area contributed by atoms with Crippen LogP contribution < -0.4 is 10.2 Å². The third-order valence-corrected chi connectivity index (χ3v) is 5.76. The van der Waals surface area contributed by atoms with Crippen molar-refractivity contribution in [3.05, 3.63) is 47.3 Å². The fourth-order valence-electron chi connectivity index (χ4n) is 4.36. The number of carbonyl (C=O) groups is 2. The van der Waals surface area contributed by atoms with Crippen LogP contribution in [0.4, 0.5) is 11.6 Å². The SMILES string of the molecule is CC(=O)N1c2ccc(C(=O)O)cc2[C@H](Nc2nccc(C)n2)[C@@H](C)[C@@H]1C1CC1. The van der Waals surface area contributed by atoms with Crippen molar-refractivity contribution in [1.29, 1.82) is 0 Å². The third kappa shape index (κ3) is 3.21. The Balaban J connectivity index is 1.83. The van der Waals surface area contributed by atoms with E-state index in [0.717, 1.165) is 29.8 Å². The predicted octanol–water partition coefficient (Wildman–Crippen LogP) is 3.42. The van der Waals surface area contributed by atoms with Crippen molar-refractivity contribution in [2.24, 2.45) is 11.8 Å². The van der Waals surface area contributed by atoms with E-state index in [1.807, 2.05) is 17.9 Å². The van der Waals surface area contributed by atoms with E-state index in [1.54, 1.807) is 31.3 Å². The molecular weight excluding hydrogens is 356 g/mol. The van der Waals surface area contributed by atoms with Crippen LogP contribution in [-0.2, 0) is 4.79 Å². The Labute approximate surface area is 163 Å². The summed E-state index contributed by atoms with van der Waals surface area (Å²) in [6.07, 6.45) is 3.91. The van der Waals surface area contributed by atoms with Crippen LogP contribution in [0.1, 0.15) is 54.3 Å². The number of hydrogen-bond acceptors (Lipinski definition) is 5. The lowest BCUT2D eigenvalue weighted by atomic mass is 9.79. The van der Waals surface area contributed by atoms with E-state index in [1.165, 1.54) is 0 Å². The molecule has 4 rings (SSSR count). The molecule has 146 valence electrons. The van der Waals surface area contributed by atoms with Crippen molar-refractivity contribution < 1.29 is 14.7 Å². The summed E-state index contributed by atoms with van der Waals surface area (Å²) in [7, 11) is 0. The zero-order valence-electron chi connectivity index (χ0n) is 16.2. The second-order valence-corrected chi connectivity index (χ2v) is 7.80. The van der Waals surface area contributed by atoms with Gasteiger partial charge in [-0.2, -0.15) is 0 Å². The highest BCUT2D eigenvalue weighted by Crippen LogP contribution is 2.50. The van der Waals surface area contributed by atoms with Crippen molar-refractivity contribution in [3.63, 3.8) is 0 Å². The van der Waals surface area contributed by atoms with Crippen LogP contribution in [0, 0.1) is 18.8 Å². The molecule has 7 heteroatoms. The minimum atomic E-state index is -0.986. The van der Waals surface area contributed by atoms with Gasteiger partial charge in [0.25, 0.3) is 0 Å². The smallest absolute Gasteiger partial charge is 0.335 e. The fourth-order valence-corrected chi connectivity index (χ4v) is 4.36. The van der Waals surface area contributed by atoms with Gasteiger partial charge in [-0.15, -0.1) is 0 Å². The molecule has 1 aromatic carbocycles. The first-order chi connectivity index (χ1) is 13.4. The van der Waals surface area contributed by atoms with Crippen molar-refractivity contribution in [2.75, 3.05) is 10.2 Å². The molecule has 1 aliphatic heterocycles. The Morgan fingerprint density at radius 2 is 2.00 bits per heavy atom. The number of nitrogens with one attached hydrogen (secondary N) is 1. The summed E-state index contributed by atoms with van der Waals surface area (Å²) in [6, 6.07) is 6.71. The molecule has 0 spiro atoms. The molecule has 1 saturated carbocycles. The zero-order valence-corrected chi connectivity index (χ0v) is 16.2. The Morgan fingerprint density at radius 3 is 2.61 bits per heavy atom. The van der Waals surface area contributed by atoms with E-state index in [4.69, 9.17) is 0 Å². The molecule has 0 bridgehead atoms. The third-order valence-electron chi connectivity index (χ3n) is 5.76. The molecular formula is C21H24N4O3. The molecule has 2 heterocycles.